The molecule has 2 aromatic rings. The minimum atomic E-state index is 0.949. The van der Waals surface area contributed by atoms with E-state index in [1.54, 1.807) is 0 Å². The Hall–Kier alpha value is -1.41. The van der Waals surface area contributed by atoms with Gasteiger partial charge in [0.05, 0.1) is 0 Å². The molecule has 0 amide bonds. The molecule has 1 fully saturated rings. The summed E-state index contributed by atoms with van der Waals surface area (Å²) in [6.45, 7) is 4.49. The molecule has 1 saturated carbocycles. The lowest BCUT2D eigenvalue weighted by molar-refractivity contribution is 0.275. The quantitative estimate of drug-likeness (QED) is 0.814. The van der Waals surface area contributed by atoms with Crippen molar-refractivity contribution in [1.29, 1.82) is 0 Å². The Morgan fingerprint density at radius 3 is 2.86 bits per heavy atom. The van der Waals surface area contributed by atoms with Crippen molar-refractivity contribution in [2.45, 2.75) is 45.6 Å². The smallest absolute Gasteiger partial charge is 0.0346 e. The van der Waals surface area contributed by atoms with E-state index in [0.29, 0.717) is 0 Å². The van der Waals surface area contributed by atoms with Gasteiger partial charge < -0.3 is 5.32 Å². The molecule has 1 aliphatic carbocycles. The van der Waals surface area contributed by atoms with E-state index in [1.807, 2.05) is 12.4 Å². The minimum Gasteiger partial charge on any atom is -0.313 e. The van der Waals surface area contributed by atoms with Gasteiger partial charge in [0.2, 0.25) is 0 Å². The molecular weight excluding hydrogens is 256 g/mol. The average molecular weight is 282 g/mol. The van der Waals surface area contributed by atoms with E-state index in [-0.39, 0.29) is 0 Å². The van der Waals surface area contributed by atoms with Crippen LogP contribution in [-0.2, 0) is 6.54 Å². The van der Waals surface area contributed by atoms with E-state index >= 15 is 0 Å². The van der Waals surface area contributed by atoms with Crippen LogP contribution in [0.5, 0.6) is 0 Å². The Balaban J connectivity index is 1.48. The van der Waals surface area contributed by atoms with Crippen LogP contribution in [0.4, 0.5) is 0 Å². The van der Waals surface area contributed by atoms with E-state index in [1.165, 1.54) is 48.4 Å². The second-order valence-corrected chi connectivity index (χ2v) is 6.61. The zero-order valence-corrected chi connectivity index (χ0v) is 13.0. The third-order valence-corrected chi connectivity index (χ3v) is 4.95. The lowest BCUT2D eigenvalue weighted by atomic mass is 9.81. The number of nitrogens with one attached hydrogen (secondary N) is 1. The van der Waals surface area contributed by atoms with Crippen molar-refractivity contribution in [3.8, 4) is 0 Å². The first-order valence-electron chi connectivity index (χ1n) is 8.35. The zero-order chi connectivity index (χ0) is 14.5. The molecule has 0 atom stereocenters. The first-order valence-corrected chi connectivity index (χ1v) is 8.35. The summed E-state index contributed by atoms with van der Waals surface area (Å²) < 4.78 is 0. The van der Waals surface area contributed by atoms with Crippen LogP contribution in [0.25, 0.3) is 10.8 Å². The summed E-state index contributed by atoms with van der Waals surface area (Å²) >= 11 is 0. The van der Waals surface area contributed by atoms with Crippen molar-refractivity contribution < 1.29 is 0 Å². The van der Waals surface area contributed by atoms with Crippen LogP contribution < -0.4 is 5.32 Å². The van der Waals surface area contributed by atoms with Crippen LogP contribution in [-0.4, -0.2) is 11.5 Å². The molecule has 1 aliphatic rings. The molecule has 0 bridgehead atoms. The number of pyridine rings is 1. The molecule has 112 valence electrons. The Kier molecular flexibility index (Phi) is 4.87. The molecule has 0 unspecified atom stereocenters. The highest BCUT2D eigenvalue weighted by atomic mass is 14.8. The highest BCUT2D eigenvalue weighted by Gasteiger charge is 2.17. The molecular formula is C19H26N2. The number of aromatic nitrogens is 1. The van der Waals surface area contributed by atoms with Crippen LogP contribution in [0.2, 0.25) is 0 Å². The van der Waals surface area contributed by atoms with Gasteiger partial charge in [0, 0.05) is 24.3 Å². The normalized spacial score (nSPS) is 22.5. The molecule has 3 rings (SSSR count). The molecule has 0 saturated heterocycles. The fourth-order valence-electron chi connectivity index (χ4n) is 3.49. The van der Waals surface area contributed by atoms with Crippen LogP contribution >= 0.6 is 0 Å². The molecule has 1 aromatic heterocycles. The van der Waals surface area contributed by atoms with Crippen molar-refractivity contribution in [3.05, 3.63) is 42.2 Å². The third kappa shape index (κ3) is 3.82. The van der Waals surface area contributed by atoms with Crippen molar-refractivity contribution in [3.63, 3.8) is 0 Å². The van der Waals surface area contributed by atoms with Gasteiger partial charge in [-0.3, -0.25) is 4.98 Å². The van der Waals surface area contributed by atoms with E-state index in [0.717, 1.165) is 24.9 Å². The number of rotatable bonds is 5. The molecule has 0 radical (unpaired) electrons. The zero-order valence-electron chi connectivity index (χ0n) is 13.0. The minimum absolute atomic E-state index is 0.949. The van der Waals surface area contributed by atoms with Gasteiger partial charge in [0.25, 0.3) is 0 Å². The summed E-state index contributed by atoms with van der Waals surface area (Å²) in [4.78, 5) is 4.20. The number of hydrogen-bond donors (Lipinski definition) is 1. The highest BCUT2D eigenvalue weighted by Crippen LogP contribution is 2.30. The average Bonchev–Trinajstić information content (AvgIpc) is 2.53. The number of benzene rings is 1. The predicted octanol–water partition coefficient (Wildman–Crippen LogP) is 4.54. The van der Waals surface area contributed by atoms with Gasteiger partial charge in [-0.1, -0.05) is 50.8 Å². The SMILES string of the molecule is CC1CCC(CCNCc2cccc3cnccc23)CC1. The first-order chi connectivity index (χ1) is 10.3. The van der Waals surface area contributed by atoms with Gasteiger partial charge in [-0.2, -0.15) is 0 Å². The number of nitrogens with zero attached hydrogens (tertiary/aromatic N) is 1. The van der Waals surface area contributed by atoms with Crippen LogP contribution in [0.15, 0.2) is 36.7 Å². The molecule has 1 aromatic carbocycles. The molecule has 0 spiro atoms. The molecule has 1 N–H and O–H groups in total. The summed E-state index contributed by atoms with van der Waals surface area (Å²) in [7, 11) is 0. The Morgan fingerprint density at radius 1 is 1.14 bits per heavy atom. The Labute approximate surface area is 128 Å². The van der Waals surface area contributed by atoms with E-state index in [4.69, 9.17) is 0 Å². The molecule has 2 heteroatoms. The molecule has 0 aliphatic heterocycles. The Morgan fingerprint density at radius 2 is 2.00 bits per heavy atom. The van der Waals surface area contributed by atoms with Crippen LogP contribution in [0.1, 0.15) is 44.6 Å². The summed E-state index contributed by atoms with van der Waals surface area (Å²) in [5.41, 5.74) is 1.38. The van der Waals surface area contributed by atoms with E-state index in [2.05, 4.69) is 41.5 Å². The monoisotopic (exact) mass is 282 g/mol. The number of hydrogen-bond acceptors (Lipinski definition) is 2. The predicted molar refractivity (Wildman–Crippen MR) is 89.2 cm³/mol. The lowest BCUT2D eigenvalue weighted by Gasteiger charge is -2.26. The van der Waals surface area contributed by atoms with Gasteiger partial charge in [-0.25, -0.2) is 0 Å². The highest BCUT2D eigenvalue weighted by molar-refractivity contribution is 5.84. The Bertz CT molecular complexity index is 565. The van der Waals surface area contributed by atoms with Gasteiger partial charge in [0.1, 0.15) is 0 Å². The van der Waals surface area contributed by atoms with Crippen LogP contribution in [0, 0.1) is 11.8 Å². The summed E-state index contributed by atoms with van der Waals surface area (Å²) in [5, 5.41) is 6.19. The number of fused-ring (bicyclic) bond motifs is 1. The van der Waals surface area contributed by atoms with Crippen LogP contribution in [0.3, 0.4) is 0 Å². The second kappa shape index (κ2) is 7.04. The summed E-state index contributed by atoms with van der Waals surface area (Å²) in [6.07, 6.45) is 10.9. The van der Waals surface area contributed by atoms with Crippen molar-refractivity contribution in [2.75, 3.05) is 6.54 Å². The maximum absolute atomic E-state index is 4.20. The third-order valence-electron chi connectivity index (χ3n) is 4.95. The topological polar surface area (TPSA) is 24.9 Å². The maximum Gasteiger partial charge on any atom is 0.0346 e. The summed E-state index contributed by atoms with van der Waals surface area (Å²) in [5.74, 6) is 1.91. The van der Waals surface area contributed by atoms with Gasteiger partial charge in [0.15, 0.2) is 0 Å². The fourth-order valence-corrected chi connectivity index (χ4v) is 3.49. The summed E-state index contributed by atoms with van der Waals surface area (Å²) in [6, 6.07) is 8.60. The van der Waals surface area contributed by atoms with Gasteiger partial charge >= 0.3 is 0 Å². The second-order valence-electron chi connectivity index (χ2n) is 6.61. The van der Waals surface area contributed by atoms with Crippen molar-refractivity contribution in [1.82, 2.24) is 10.3 Å². The largest absolute Gasteiger partial charge is 0.313 e. The van der Waals surface area contributed by atoms with E-state index in [9.17, 15) is 0 Å². The molecule has 2 nitrogen and oxygen atoms in total. The lowest BCUT2D eigenvalue weighted by Crippen LogP contribution is -2.20. The maximum atomic E-state index is 4.20. The molecule has 21 heavy (non-hydrogen) atoms. The van der Waals surface area contributed by atoms with Gasteiger partial charge in [-0.05, 0) is 41.8 Å². The standard InChI is InChI=1S/C19H26N2/c1-15-5-7-16(8-6-15)9-11-20-13-17-3-2-4-18-14-21-12-10-19(17)18/h2-4,10,12,14-16,20H,5-9,11,13H2,1H3. The van der Waals surface area contributed by atoms with E-state index < -0.39 is 0 Å². The van der Waals surface area contributed by atoms with Crippen molar-refractivity contribution >= 4 is 10.8 Å². The first kappa shape index (κ1) is 14.5. The fraction of sp³-hybridized carbons (Fsp3) is 0.526. The molecule has 1 heterocycles. The van der Waals surface area contributed by atoms with Crippen molar-refractivity contribution in [2.24, 2.45) is 11.8 Å². The van der Waals surface area contributed by atoms with Gasteiger partial charge in [-0.15, -0.1) is 0 Å².